The first-order valence-corrected chi connectivity index (χ1v) is 9.14. The number of aliphatic carboxylic acids is 1. The van der Waals surface area contributed by atoms with Crippen LogP contribution in [-0.4, -0.2) is 17.9 Å². The second kappa shape index (κ2) is 8.45. The molecule has 1 heterocycles. The summed E-state index contributed by atoms with van der Waals surface area (Å²) in [6.45, 7) is 0.450. The number of nitriles is 1. The Morgan fingerprint density at radius 3 is 2.63 bits per heavy atom. The van der Waals surface area contributed by atoms with Gasteiger partial charge in [0.1, 0.15) is 24.2 Å². The first kappa shape index (κ1) is 19.2. The number of benzene rings is 3. The Bertz CT molecular complexity index is 1110. The third kappa shape index (κ3) is 4.13. The lowest BCUT2D eigenvalue weighted by atomic mass is 10.1. The van der Waals surface area contributed by atoms with Gasteiger partial charge in [0.05, 0.1) is 5.56 Å². The Morgan fingerprint density at radius 2 is 1.87 bits per heavy atom. The summed E-state index contributed by atoms with van der Waals surface area (Å²) in [5.41, 5.74) is 1.56. The monoisotopic (exact) mass is 403 g/mol. The van der Waals surface area contributed by atoms with Gasteiger partial charge in [0, 0.05) is 11.6 Å². The predicted molar refractivity (Wildman–Crippen MR) is 106 cm³/mol. The van der Waals surface area contributed by atoms with E-state index in [4.69, 9.17) is 18.9 Å². The van der Waals surface area contributed by atoms with Crippen LogP contribution in [0.25, 0.3) is 0 Å². The van der Waals surface area contributed by atoms with Crippen molar-refractivity contribution >= 4 is 5.97 Å². The summed E-state index contributed by atoms with van der Waals surface area (Å²) < 4.78 is 22.2. The molecule has 1 N–H and O–H groups in total. The first-order chi connectivity index (χ1) is 14.6. The molecule has 3 aromatic rings. The van der Waals surface area contributed by atoms with Crippen molar-refractivity contribution in [2.75, 3.05) is 6.79 Å². The average Bonchev–Trinajstić information content (AvgIpc) is 3.24. The number of carbonyl (C=O) groups is 1. The lowest BCUT2D eigenvalue weighted by Gasteiger charge is -2.17. The van der Waals surface area contributed by atoms with Crippen LogP contribution in [0.3, 0.4) is 0 Å². The largest absolute Gasteiger partial charge is 0.489 e. The van der Waals surface area contributed by atoms with Gasteiger partial charge in [-0.3, -0.25) is 0 Å². The fourth-order valence-electron chi connectivity index (χ4n) is 3.00. The summed E-state index contributed by atoms with van der Waals surface area (Å²) in [5.74, 6) is 0.771. The zero-order chi connectivity index (χ0) is 20.9. The number of ether oxygens (including phenoxy) is 4. The molecule has 7 nitrogen and oxygen atoms in total. The number of nitrogens with zero attached hydrogens (tertiary/aromatic N) is 1. The molecule has 0 saturated carbocycles. The third-order valence-electron chi connectivity index (χ3n) is 4.49. The highest BCUT2D eigenvalue weighted by atomic mass is 16.7. The zero-order valence-corrected chi connectivity index (χ0v) is 15.8. The van der Waals surface area contributed by atoms with Crippen LogP contribution >= 0.6 is 0 Å². The maximum absolute atomic E-state index is 11.7. The van der Waals surface area contributed by atoms with Gasteiger partial charge in [-0.05, 0) is 29.8 Å². The van der Waals surface area contributed by atoms with E-state index in [9.17, 15) is 15.2 Å². The minimum absolute atomic E-state index is 0.136. The molecule has 0 aliphatic carbocycles. The molecule has 3 aromatic carbocycles. The van der Waals surface area contributed by atoms with Gasteiger partial charge in [0.15, 0.2) is 11.5 Å². The van der Waals surface area contributed by atoms with Crippen LogP contribution in [0.15, 0.2) is 66.7 Å². The van der Waals surface area contributed by atoms with Crippen molar-refractivity contribution in [2.24, 2.45) is 0 Å². The molecule has 1 aliphatic rings. The van der Waals surface area contributed by atoms with Crippen molar-refractivity contribution in [3.05, 3.63) is 83.4 Å². The van der Waals surface area contributed by atoms with Gasteiger partial charge in [0.2, 0.25) is 12.9 Å². The van der Waals surface area contributed by atoms with Crippen molar-refractivity contribution < 1.29 is 28.8 Å². The molecule has 7 heteroatoms. The minimum Gasteiger partial charge on any atom is -0.489 e. The maximum Gasteiger partial charge on any atom is 0.349 e. The molecule has 1 aliphatic heterocycles. The summed E-state index contributed by atoms with van der Waals surface area (Å²) in [7, 11) is 0. The Kier molecular flexibility index (Phi) is 5.39. The molecule has 1 atom stereocenters. The van der Waals surface area contributed by atoms with Crippen molar-refractivity contribution in [3.8, 4) is 29.1 Å². The van der Waals surface area contributed by atoms with Crippen LogP contribution in [0.4, 0.5) is 0 Å². The molecule has 150 valence electrons. The van der Waals surface area contributed by atoms with E-state index in [0.29, 0.717) is 22.8 Å². The maximum atomic E-state index is 11.7. The van der Waals surface area contributed by atoms with Crippen LogP contribution in [0.5, 0.6) is 23.0 Å². The first-order valence-electron chi connectivity index (χ1n) is 9.14. The molecule has 4 rings (SSSR count). The van der Waals surface area contributed by atoms with E-state index in [0.717, 1.165) is 5.56 Å². The van der Waals surface area contributed by atoms with Crippen molar-refractivity contribution in [1.29, 1.82) is 5.26 Å². The van der Waals surface area contributed by atoms with Gasteiger partial charge in [-0.25, -0.2) is 4.79 Å². The van der Waals surface area contributed by atoms with Gasteiger partial charge in [0.25, 0.3) is 0 Å². The molecule has 0 radical (unpaired) electrons. The van der Waals surface area contributed by atoms with Gasteiger partial charge < -0.3 is 24.1 Å². The van der Waals surface area contributed by atoms with Crippen LogP contribution in [0.1, 0.15) is 22.8 Å². The van der Waals surface area contributed by atoms with E-state index in [-0.39, 0.29) is 24.7 Å². The van der Waals surface area contributed by atoms with E-state index >= 15 is 0 Å². The van der Waals surface area contributed by atoms with Crippen molar-refractivity contribution in [1.82, 2.24) is 0 Å². The number of fused-ring (bicyclic) bond motifs is 1. The van der Waals surface area contributed by atoms with Crippen molar-refractivity contribution in [3.63, 3.8) is 0 Å². The molecule has 0 saturated heterocycles. The highest BCUT2D eigenvalue weighted by Gasteiger charge is 2.23. The Hall–Kier alpha value is -4.18. The number of carboxylic acids is 1. The van der Waals surface area contributed by atoms with Crippen LogP contribution in [0.2, 0.25) is 0 Å². The fourth-order valence-corrected chi connectivity index (χ4v) is 3.00. The van der Waals surface area contributed by atoms with Gasteiger partial charge in [-0.1, -0.05) is 36.4 Å². The normalized spacial score (nSPS) is 12.6. The van der Waals surface area contributed by atoms with E-state index < -0.39 is 12.1 Å². The molecule has 0 unspecified atom stereocenters. The van der Waals surface area contributed by atoms with Crippen LogP contribution in [0, 0.1) is 11.3 Å². The minimum atomic E-state index is -1.25. The molecule has 0 amide bonds. The molecule has 0 bridgehead atoms. The second-order valence-corrected chi connectivity index (χ2v) is 6.49. The van der Waals surface area contributed by atoms with Gasteiger partial charge in [-0.15, -0.1) is 0 Å². The predicted octanol–water partition coefficient (Wildman–Crippen LogP) is 4.07. The molecular weight excluding hydrogens is 386 g/mol. The Morgan fingerprint density at radius 1 is 1.07 bits per heavy atom. The zero-order valence-electron chi connectivity index (χ0n) is 15.8. The van der Waals surface area contributed by atoms with E-state index in [1.54, 1.807) is 36.4 Å². The average molecular weight is 403 g/mol. The van der Waals surface area contributed by atoms with Crippen LogP contribution < -0.4 is 18.9 Å². The molecule has 0 aromatic heterocycles. The second-order valence-electron chi connectivity index (χ2n) is 6.49. The lowest BCUT2D eigenvalue weighted by molar-refractivity contribution is -0.145. The van der Waals surface area contributed by atoms with E-state index in [1.165, 1.54) is 12.1 Å². The topological polar surface area (TPSA) is 98.0 Å². The summed E-state index contributed by atoms with van der Waals surface area (Å²) in [5, 5.41) is 19.0. The van der Waals surface area contributed by atoms with Gasteiger partial charge >= 0.3 is 5.97 Å². The lowest BCUT2D eigenvalue weighted by Crippen LogP contribution is -2.18. The Labute approximate surface area is 172 Å². The Balaban J connectivity index is 1.53. The number of rotatable bonds is 7. The molecular formula is C23H17NO6. The smallest absolute Gasteiger partial charge is 0.349 e. The van der Waals surface area contributed by atoms with Crippen LogP contribution in [-0.2, 0) is 11.4 Å². The number of carboxylic acid groups (broad SMARTS) is 1. The SMILES string of the molecule is N#Cc1ccc(OCc2ccc3c(c2)OCO3)cc1O[C@H](C(=O)O)c1ccccc1. The molecule has 30 heavy (non-hydrogen) atoms. The fraction of sp³-hybridized carbons (Fsp3) is 0.130. The quantitative estimate of drug-likeness (QED) is 0.635. The van der Waals surface area contributed by atoms with Crippen molar-refractivity contribution in [2.45, 2.75) is 12.7 Å². The summed E-state index contributed by atoms with van der Waals surface area (Å²) in [6.07, 6.45) is -1.25. The third-order valence-corrected chi connectivity index (χ3v) is 4.49. The highest BCUT2D eigenvalue weighted by molar-refractivity contribution is 5.75. The number of hydrogen-bond acceptors (Lipinski definition) is 6. The standard InChI is InChI=1S/C23H17NO6/c24-12-17-7-8-18(27-13-15-6-9-19-21(10-15)29-14-28-19)11-20(17)30-22(23(25)26)16-4-2-1-3-5-16/h1-11,22H,13-14H2,(H,25,26)/t22-/m0/s1. The van der Waals surface area contributed by atoms with E-state index in [1.807, 2.05) is 24.3 Å². The summed E-state index contributed by atoms with van der Waals surface area (Å²) >= 11 is 0. The molecule has 0 fully saturated rings. The molecule has 0 spiro atoms. The van der Waals surface area contributed by atoms with E-state index in [2.05, 4.69) is 0 Å². The van der Waals surface area contributed by atoms with Gasteiger partial charge in [-0.2, -0.15) is 5.26 Å². The number of hydrogen-bond donors (Lipinski definition) is 1. The summed E-state index contributed by atoms with van der Waals surface area (Å²) in [4.78, 5) is 11.7. The highest BCUT2D eigenvalue weighted by Crippen LogP contribution is 2.33. The summed E-state index contributed by atoms with van der Waals surface area (Å²) in [6, 6.07) is 20.8.